The van der Waals surface area contributed by atoms with Gasteiger partial charge in [-0.25, -0.2) is 18.1 Å². The van der Waals surface area contributed by atoms with Gasteiger partial charge in [0.2, 0.25) is 15.9 Å². The average Bonchev–Trinajstić information content (AvgIpc) is 2.62. The second-order valence-corrected chi connectivity index (χ2v) is 9.06. The summed E-state index contributed by atoms with van der Waals surface area (Å²) in [7, 11) is -3.75. The Kier molecular flexibility index (Phi) is 6.05. The van der Waals surface area contributed by atoms with E-state index in [1.165, 1.54) is 12.3 Å². The zero-order chi connectivity index (χ0) is 19.5. The Bertz CT molecular complexity index is 862. The molecule has 1 aliphatic rings. The van der Waals surface area contributed by atoms with Crippen molar-refractivity contribution in [2.75, 3.05) is 13.1 Å². The van der Waals surface area contributed by atoms with Gasteiger partial charge in [0, 0.05) is 11.1 Å². The molecule has 2 aromatic rings. The lowest BCUT2D eigenvalue weighted by molar-refractivity contribution is 0.232. The summed E-state index contributed by atoms with van der Waals surface area (Å²) < 4.78 is 34.5. The number of sulfonamides is 1. The molecule has 8 heteroatoms. The van der Waals surface area contributed by atoms with Crippen LogP contribution in [-0.4, -0.2) is 32.6 Å². The summed E-state index contributed by atoms with van der Waals surface area (Å²) in [6.45, 7) is 5.23. The highest BCUT2D eigenvalue weighted by Gasteiger charge is 2.38. The number of halogens is 1. The summed E-state index contributed by atoms with van der Waals surface area (Å²) in [5.74, 6) is 0.401. The monoisotopic (exact) mass is 409 g/mol. The maximum Gasteiger partial charge on any atom is 0.242 e. The van der Waals surface area contributed by atoms with Gasteiger partial charge in [-0.15, -0.1) is 0 Å². The van der Waals surface area contributed by atoms with Crippen molar-refractivity contribution in [1.82, 2.24) is 15.0 Å². The number of rotatable bonds is 6. The van der Waals surface area contributed by atoms with Crippen LogP contribution in [0.5, 0.6) is 5.88 Å². The van der Waals surface area contributed by atoms with Crippen molar-refractivity contribution >= 4 is 21.6 Å². The number of piperidine rings is 1. The summed E-state index contributed by atoms with van der Waals surface area (Å²) in [6.07, 6.45) is 2.60. The molecule has 2 heterocycles. The van der Waals surface area contributed by atoms with E-state index < -0.39 is 15.6 Å². The first kappa shape index (κ1) is 20.1. The van der Waals surface area contributed by atoms with Gasteiger partial charge in [-0.3, -0.25) is 0 Å². The van der Waals surface area contributed by atoms with Crippen LogP contribution in [0.2, 0.25) is 5.02 Å². The largest absolute Gasteiger partial charge is 0.475 e. The van der Waals surface area contributed by atoms with Gasteiger partial charge in [-0.1, -0.05) is 23.7 Å². The first-order valence-corrected chi connectivity index (χ1v) is 10.8. The molecule has 3 rings (SSSR count). The molecule has 6 nitrogen and oxygen atoms in total. The lowest BCUT2D eigenvalue weighted by Gasteiger charge is -2.38. The maximum atomic E-state index is 13.0. The van der Waals surface area contributed by atoms with Crippen LogP contribution < -0.4 is 14.8 Å². The lowest BCUT2D eigenvalue weighted by atomic mass is 9.82. The molecule has 0 amide bonds. The quantitative estimate of drug-likeness (QED) is 0.766. The molecule has 0 spiro atoms. The molecule has 1 aromatic carbocycles. The number of benzene rings is 1. The average molecular weight is 410 g/mol. The van der Waals surface area contributed by atoms with Crippen LogP contribution in [0.3, 0.4) is 0 Å². The number of hydrogen-bond acceptors (Lipinski definition) is 5. The van der Waals surface area contributed by atoms with Crippen LogP contribution in [-0.2, 0) is 15.6 Å². The minimum atomic E-state index is -3.75. The smallest absolute Gasteiger partial charge is 0.242 e. The highest BCUT2D eigenvalue weighted by atomic mass is 35.5. The number of pyridine rings is 1. The van der Waals surface area contributed by atoms with E-state index in [9.17, 15) is 8.42 Å². The Morgan fingerprint density at radius 2 is 1.81 bits per heavy atom. The maximum absolute atomic E-state index is 13.0. The molecule has 1 fully saturated rings. The SMILES string of the molecule is CC(C)Oc1ccc(S(=O)(=O)NC2(c3ccc(Cl)cc3)CCNCC2)cn1. The van der Waals surface area contributed by atoms with Crippen LogP contribution in [0, 0.1) is 0 Å². The molecule has 1 aliphatic heterocycles. The van der Waals surface area contributed by atoms with E-state index in [0.29, 0.717) is 23.7 Å². The van der Waals surface area contributed by atoms with Crippen LogP contribution >= 0.6 is 11.6 Å². The summed E-state index contributed by atoms with van der Waals surface area (Å²) in [6, 6.07) is 10.4. The van der Waals surface area contributed by atoms with E-state index in [1.807, 2.05) is 26.0 Å². The minimum Gasteiger partial charge on any atom is -0.475 e. The molecule has 0 radical (unpaired) electrons. The third kappa shape index (κ3) is 4.79. The highest BCUT2D eigenvalue weighted by Crippen LogP contribution is 2.33. The van der Waals surface area contributed by atoms with E-state index in [2.05, 4.69) is 15.0 Å². The number of nitrogens with zero attached hydrogens (tertiary/aromatic N) is 1. The predicted molar refractivity (Wildman–Crippen MR) is 106 cm³/mol. The van der Waals surface area contributed by atoms with Crippen LogP contribution in [0.4, 0.5) is 0 Å². The number of aromatic nitrogens is 1. The van der Waals surface area contributed by atoms with Gasteiger partial charge in [0.05, 0.1) is 17.8 Å². The Hall–Kier alpha value is -1.67. The topological polar surface area (TPSA) is 80.3 Å². The van der Waals surface area contributed by atoms with Crippen molar-refractivity contribution in [2.45, 2.75) is 43.2 Å². The molecule has 1 aromatic heterocycles. The van der Waals surface area contributed by atoms with Crippen molar-refractivity contribution in [2.24, 2.45) is 0 Å². The van der Waals surface area contributed by atoms with Crippen molar-refractivity contribution in [3.05, 3.63) is 53.2 Å². The number of ether oxygens (including phenoxy) is 1. The van der Waals surface area contributed by atoms with Gasteiger partial charge in [-0.05, 0) is 63.5 Å². The third-order valence-corrected chi connectivity index (χ3v) is 6.33. The first-order chi connectivity index (χ1) is 12.8. The van der Waals surface area contributed by atoms with Gasteiger partial charge in [0.1, 0.15) is 4.90 Å². The van der Waals surface area contributed by atoms with Crippen LogP contribution in [0.1, 0.15) is 32.3 Å². The van der Waals surface area contributed by atoms with E-state index in [0.717, 1.165) is 18.7 Å². The molecule has 0 saturated carbocycles. The first-order valence-electron chi connectivity index (χ1n) is 8.94. The molecule has 0 bridgehead atoms. The molecule has 146 valence electrons. The fraction of sp³-hybridized carbons (Fsp3) is 0.421. The molecule has 0 atom stereocenters. The van der Waals surface area contributed by atoms with E-state index in [1.54, 1.807) is 18.2 Å². The standard InChI is InChI=1S/C19H24ClN3O3S/c1-14(2)26-18-8-7-17(13-22-18)27(24,25)23-19(9-11-21-12-10-19)15-3-5-16(20)6-4-15/h3-8,13-14,21,23H,9-12H2,1-2H3. The van der Waals surface area contributed by atoms with E-state index in [4.69, 9.17) is 16.3 Å². The van der Waals surface area contributed by atoms with E-state index >= 15 is 0 Å². The minimum absolute atomic E-state index is 0.0269. The molecule has 27 heavy (non-hydrogen) atoms. The second-order valence-electron chi connectivity index (χ2n) is 6.94. The molecule has 0 unspecified atom stereocenters. The van der Waals surface area contributed by atoms with Crippen LogP contribution in [0.25, 0.3) is 0 Å². The van der Waals surface area contributed by atoms with Crippen molar-refractivity contribution < 1.29 is 13.2 Å². The fourth-order valence-corrected chi connectivity index (χ4v) is 4.74. The summed E-state index contributed by atoms with van der Waals surface area (Å²) in [4.78, 5) is 4.23. The molecular formula is C19H24ClN3O3S. The summed E-state index contributed by atoms with van der Waals surface area (Å²) in [5, 5.41) is 3.90. The number of hydrogen-bond donors (Lipinski definition) is 2. The Morgan fingerprint density at radius 3 is 2.37 bits per heavy atom. The van der Waals surface area contributed by atoms with E-state index in [-0.39, 0.29) is 11.0 Å². The van der Waals surface area contributed by atoms with Gasteiger partial charge in [0.15, 0.2) is 0 Å². The van der Waals surface area contributed by atoms with Gasteiger partial charge in [-0.2, -0.15) is 0 Å². The zero-order valence-electron chi connectivity index (χ0n) is 15.4. The Morgan fingerprint density at radius 1 is 1.15 bits per heavy atom. The highest BCUT2D eigenvalue weighted by molar-refractivity contribution is 7.89. The lowest BCUT2D eigenvalue weighted by Crippen LogP contribution is -2.52. The van der Waals surface area contributed by atoms with Crippen molar-refractivity contribution in [3.8, 4) is 5.88 Å². The molecule has 1 saturated heterocycles. The van der Waals surface area contributed by atoms with Gasteiger partial charge < -0.3 is 10.1 Å². The Labute approximate surface area is 165 Å². The van der Waals surface area contributed by atoms with Gasteiger partial charge in [0.25, 0.3) is 0 Å². The predicted octanol–water partition coefficient (Wildman–Crippen LogP) is 3.08. The Balaban J connectivity index is 1.89. The third-order valence-electron chi connectivity index (χ3n) is 4.56. The van der Waals surface area contributed by atoms with Crippen molar-refractivity contribution in [3.63, 3.8) is 0 Å². The second kappa shape index (κ2) is 8.14. The molecule has 2 N–H and O–H groups in total. The zero-order valence-corrected chi connectivity index (χ0v) is 17.0. The molecular weight excluding hydrogens is 386 g/mol. The normalized spacial score (nSPS) is 17.0. The number of nitrogens with one attached hydrogen (secondary N) is 2. The van der Waals surface area contributed by atoms with Gasteiger partial charge >= 0.3 is 0 Å². The van der Waals surface area contributed by atoms with Crippen molar-refractivity contribution in [1.29, 1.82) is 0 Å². The molecule has 0 aliphatic carbocycles. The van der Waals surface area contributed by atoms with Crippen LogP contribution in [0.15, 0.2) is 47.5 Å². The fourth-order valence-electron chi connectivity index (χ4n) is 3.23. The summed E-state index contributed by atoms with van der Waals surface area (Å²) >= 11 is 6.00. The summed E-state index contributed by atoms with van der Waals surface area (Å²) in [5.41, 5.74) is 0.228.